The van der Waals surface area contributed by atoms with Crippen LogP contribution < -0.4 is 15.4 Å². The van der Waals surface area contributed by atoms with Gasteiger partial charge in [-0.1, -0.05) is 79.2 Å². The van der Waals surface area contributed by atoms with Crippen LogP contribution in [0.3, 0.4) is 0 Å². The minimum atomic E-state index is -1.62. The van der Waals surface area contributed by atoms with E-state index in [1.165, 1.54) is 51.9 Å². The molecule has 296 valence electrons. The molecule has 0 fully saturated rings. The highest BCUT2D eigenvalue weighted by atomic mass is 79.9. The van der Waals surface area contributed by atoms with E-state index in [0.29, 0.717) is 47.8 Å². The Morgan fingerprint density at radius 2 is 1.66 bits per heavy atom. The van der Waals surface area contributed by atoms with Crippen LogP contribution >= 0.6 is 63.7 Å². The predicted molar refractivity (Wildman–Crippen MR) is 221 cm³/mol. The molecule has 15 heteroatoms. The number of unbranched alkanes of at least 4 members (excludes halogenated alkanes) is 7. The van der Waals surface area contributed by atoms with E-state index in [0.717, 1.165) is 31.6 Å². The minimum Gasteiger partial charge on any atom is -0.495 e. The van der Waals surface area contributed by atoms with Crippen LogP contribution in [0.1, 0.15) is 109 Å². The van der Waals surface area contributed by atoms with Gasteiger partial charge in [-0.3, -0.25) is 9.59 Å². The molecule has 0 saturated heterocycles. The molecule has 0 bridgehead atoms. The van der Waals surface area contributed by atoms with Crippen molar-refractivity contribution in [3.8, 4) is 5.75 Å². The Bertz CT molecular complexity index is 1460. The number of carbonyl (C=O) groups is 2. The van der Waals surface area contributed by atoms with Crippen molar-refractivity contribution >= 4 is 81.2 Å². The van der Waals surface area contributed by atoms with E-state index < -0.39 is 23.9 Å². The molecule has 53 heavy (non-hydrogen) atoms. The van der Waals surface area contributed by atoms with Crippen molar-refractivity contribution in [1.29, 1.82) is 0 Å². The van der Waals surface area contributed by atoms with Gasteiger partial charge >= 0.3 is 5.79 Å². The Hall–Kier alpha value is -1.91. The van der Waals surface area contributed by atoms with E-state index in [-0.39, 0.29) is 37.7 Å². The van der Waals surface area contributed by atoms with Crippen molar-refractivity contribution in [2.75, 3.05) is 26.8 Å². The molecule has 2 aliphatic heterocycles. The zero-order chi connectivity index (χ0) is 38.8. The maximum absolute atomic E-state index is 12.8. The molecule has 1 spiro atoms. The average molecular weight is 999 g/mol. The van der Waals surface area contributed by atoms with Crippen LogP contribution in [0.15, 0.2) is 59.4 Å². The van der Waals surface area contributed by atoms with E-state index in [2.05, 4.69) is 106 Å². The Labute approximate surface area is 347 Å². The van der Waals surface area contributed by atoms with Crippen LogP contribution in [0.4, 0.5) is 0 Å². The Balaban J connectivity index is 1.29. The van der Waals surface area contributed by atoms with Crippen molar-refractivity contribution in [2.45, 2.75) is 115 Å². The van der Waals surface area contributed by atoms with Crippen molar-refractivity contribution in [3.05, 3.63) is 59.8 Å². The van der Waals surface area contributed by atoms with Gasteiger partial charge in [-0.05, 0) is 110 Å². The topological polar surface area (TPSA) is 148 Å². The smallest absolute Gasteiger partial charge is 0.311 e. The first kappa shape index (κ1) is 45.5. The number of aliphatic hydroxyl groups excluding tert-OH is 2. The van der Waals surface area contributed by atoms with E-state index >= 15 is 0 Å². The number of hydrogen-bond acceptors (Lipinski definition) is 9. The number of aliphatic hydroxyl groups is 2. The summed E-state index contributed by atoms with van der Waals surface area (Å²) in [5, 5.41) is 31.0. The molecule has 0 aromatic heterocycles. The van der Waals surface area contributed by atoms with Crippen LogP contribution in [0.2, 0.25) is 0 Å². The predicted octanol–water partition coefficient (Wildman–Crippen LogP) is 9.10. The summed E-state index contributed by atoms with van der Waals surface area (Å²) in [6, 6.07) is 3.51. The quantitative estimate of drug-likeness (QED) is 0.0628. The number of amides is 2. The molecular formula is C38H53Br4N3O8. The first-order chi connectivity index (χ1) is 25.4. The standard InChI is InChI=1S/C38H53Br4N3O8/c1-25(2)16-13-11-9-7-5-4-6-8-10-12-14-17-32(47)44-23-31(46)26-20-27(39)35(28(40)21-26)51-19-15-18-43-37(49)33-36(48)38(53-45-33)22-29(41)34(50-3)30(42)24-52-38/h7,9,20-21,24-25,31,36,46,48H,4-6,8,10-19,22-23H2,1-3H3,(H,43,49)(H,44,47)/b9-7-/t31?,36-,38+/m0/s1. The largest absolute Gasteiger partial charge is 0.495 e. The van der Waals surface area contributed by atoms with Gasteiger partial charge in [0.1, 0.15) is 17.8 Å². The first-order valence-corrected chi connectivity index (χ1v) is 21.5. The third kappa shape index (κ3) is 14.9. The monoisotopic (exact) mass is 995 g/mol. The van der Waals surface area contributed by atoms with Crippen LogP contribution in [0.25, 0.3) is 0 Å². The second kappa shape index (κ2) is 23.9. The van der Waals surface area contributed by atoms with Gasteiger partial charge in [0.15, 0.2) is 11.8 Å². The summed E-state index contributed by atoms with van der Waals surface area (Å²) < 4.78 is 19.3. The van der Waals surface area contributed by atoms with Gasteiger partial charge in [0.2, 0.25) is 5.91 Å². The van der Waals surface area contributed by atoms with Gasteiger partial charge in [0.05, 0.1) is 39.7 Å². The first-order valence-electron chi connectivity index (χ1n) is 18.3. The molecule has 2 aliphatic rings. The highest BCUT2D eigenvalue weighted by molar-refractivity contribution is 9.12. The molecule has 11 nitrogen and oxygen atoms in total. The molecule has 1 unspecified atom stereocenters. The summed E-state index contributed by atoms with van der Waals surface area (Å²) >= 11 is 13.8. The summed E-state index contributed by atoms with van der Waals surface area (Å²) in [7, 11) is 1.50. The Morgan fingerprint density at radius 1 is 1.00 bits per heavy atom. The highest BCUT2D eigenvalue weighted by Gasteiger charge is 2.54. The number of methoxy groups -OCH3 is 1. The lowest BCUT2D eigenvalue weighted by Gasteiger charge is -2.27. The van der Waals surface area contributed by atoms with Crippen LogP contribution in [0, 0.1) is 5.92 Å². The third-order valence-electron chi connectivity index (χ3n) is 8.73. The fraction of sp³-hybridized carbons (Fsp3) is 0.605. The lowest BCUT2D eigenvalue weighted by atomic mass is 10.0. The number of allylic oxidation sites excluding steroid dienone is 3. The van der Waals surface area contributed by atoms with Gasteiger partial charge in [0.25, 0.3) is 5.91 Å². The van der Waals surface area contributed by atoms with Crippen molar-refractivity contribution in [1.82, 2.24) is 10.6 Å². The van der Waals surface area contributed by atoms with Gasteiger partial charge in [-0.15, -0.1) is 0 Å². The number of nitrogens with zero attached hydrogens (tertiary/aromatic N) is 1. The van der Waals surface area contributed by atoms with Gasteiger partial charge in [0, 0.05) is 24.0 Å². The molecule has 2 heterocycles. The number of carbonyl (C=O) groups excluding carboxylic acids is 2. The van der Waals surface area contributed by atoms with Gasteiger partial charge in [-0.25, -0.2) is 0 Å². The molecule has 2 amide bonds. The second-order valence-electron chi connectivity index (χ2n) is 13.5. The fourth-order valence-electron chi connectivity index (χ4n) is 5.70. The zero-order valence-electron chi connectivity index (χ0n) is 30.7. The number of rotatable bonds is 23. The number of nitrogens with one attached hydrogen (secondary N) is 2. The number of ether oxygens (including phenoxy) is 3. The Kier molecular flexibility index (Phi) is 20.5. The van der Waals surface area contributed by atoms with Gasteiger partial charge < -0.3 is 39.9 Å². The van der Waals surface area contributed by atoms with Crippen LogP contribution in [-0.4, -0.2) is 66.4 Å². The summed E-state index contributed by atoms with van der Waals surface area (Å²) in [5.41, 5.74) is 0.409. The second-order valence-corrected chi connectivity index (χ2v) is 17.0. The molecule has 3 atom stereocenters. The number of benzene rings is 1. The molecule has 0 radical (unpaired) electrons. The van der Waals surface area contributed by atoms with Crippen molar-refractivity contribution in [3.63, 3.8) is 0 Å². The highest BCUT2D eigenvalue weighted by Crippen LogP contribution is 2.41. The molecule has 0 aliphatic carbocycles. The molecule has 3 rings (SSSR count). The number of halogens is 4. The molecule has 0 saturated carbocycles. The van der Waals surface area contributed by atoms with Crippen molar-refractivity contribution in [2.24, 2.45) is 11.1 Å². The molecular weight excluding hydrogens is 946 g/mol. The maximum Gasteiger partial charge on any atom is 0.311 e. The van der Waals surface area contributed by atoms with E-state index in [1.54, 1.807) is 12.1 Å². The Morgan fingerprint density at radius 3 is 2.34 bits per heavy atom. The lowest BCUT2D eigenvalue weighted by Crippen LogP contribution is -2.49. The number of hydrogen-bond donors (Lipinski definition) is 4. The van der Waals surface area contributed by atoms with E-state index in [1.807, 2.05) is 0 Å². The number of oxime groups is 1. The van der Waals surface area contributed by atoms with Crippen molar-refractivity contribution < 1.29 is 38.9 Å². The molecule has 1 aromatic rings. The van der Waals surface area contributed by atoms with Crippen LogP contribution in [-0.2, 0) is 23.9 Å². The summed E-state index contributed by atoms with van der Waals surface area (Å²) in [6.07, 6.45) is 16.1. The van der Waals surface area contributed by atoms with Gasteiger partial charge in [-0.2, -0.15) is 0 Å². The maximum atomic E-state index is 12.8. The third-order valence-corrected chi connectivity index (χ3v) is 11.1. The molecule has 4 N–H and O–H groups in total. The average Bonchev–Trinajstić information content (AvgIpc) is 3.36. The normalized spacial score (nSPS) is 19.1. The minimum absolute atomic E-state index is 0.0448. The summed E-state index contributed by atoms with van der Waals surface area (Å²) in [6.45, 7) is 5.15. The zero-order valence-corrected chi connectivity index (χ0v) is 37.1. The summed E-state index contributed by atoms with van der Waals surface area (Å²) in [5.74, 6) is -0.495. The molecule has 1 aromatic carbocycles. The van der Waals surface area contributed by atoms with Crippen LogP contribution in [0.5, 0.6) is 5.75 Å². The SMILES string of the molecule is COC1=C(Br)C[C@@]2(OC=C1Br)ON=C(C(=O)NCCCOc1c(Br)cc(C(O)CNC(=O)CCCCCCCC/C=C\CCCC(C)C)cc1Br)[C@@H]2O. The van der Waals surface area contributed by atoms with E-state index in [9.17, 15) is 19.8 Å². The van der Waals surface area contributed by atoms with E-state index in [4.69, 9.17) is 19.0 Å². The fourth-order valence-corrected chi connectivity index (χ4v) is 8.67. The summed E-state index contributed by atoms with van der Waals surface area (Å²) in [4.78, 5) is 30.6. The lowest BCUT2D eigenvalue weighted by molar-refractivity contribution is -0.225.